The molecular weight excluding hydrogens is 402 g/mol. The van der Waals surface area contributed by atoms with Crippen molar-refractivity contribution in [2.24, 2.45) is 11.8 Å². The molecule has 0 bridgehead atoms. The van der Waals surface area contributed by atoms with Crippen LogP contribution < -0.4 is 10.1 Å². The monoisotopic (exact) mass is 427 g/mol. The highest BCUT2D eigenvalue weighted by Gasteiger charge is 2.32. The molecule has 1 heterocycles. The molecule has 1 aromatic heterocycles. The van der Waals surface area contributed by atoms with Gasteiger partial charge in [0.25, 0.3) is 5.91 Å². The zero-order valence-electron chi connectivity index (χ0n) is 16.8. The SMILES string of the molecule is CS(=O)(=O)C=CC(NC(=O)c1cnc(CC2CC2)nc1Oc1ccccc1)C1CC1. The van der Waals surface area contributed by atoms with Gasteiger partial charge < -0.3 is 10.1 Å². The maximum absolute atomic E-state index is 13.0. The number of ether oxygens (including phenoxy) is 1. The Hall–Kier alpha value is -2.74. The van der Waals surface area contributed by atoms with E-state index in [0.29, 0.717) is 17.5 Å². The first-order valence-corrected chi connectivity index (χ1v) is 12.1. The van der Waals surface area contributed by atoms with Crippen LogP contribution in [0.15, 0.2) is 48.0 Å². The van der Waals surface area contributed by atoms with E-state index in [4.69, 9.17) is 4.74 Å². The Morgan fingerprint density at radius 2 is 1.97 bits per heavy atom. The second kappa shape index (κ2) is 8.55. The Morgan fingerprint density at radius 1 is 1.23 bits per heavy atom. The minimum atomic E-state index is -3.27. The van der Waals surface area contributed by atoms with Crippen LogP contribution in [0.4, 0.5) is 0 Å². The van der Waals surface area contributed by atoms with Gasteiger partial charge in [0.05, 0.1) is 6.04 Å². The lowest BCUT2D eigenvalue weighted by Gasteiger charge is -2.16. The van der Waals surface area contributed by atoms with Crippen LogP contribution in [-0.2, 0) is 16.3 Å². The van der Waals surface area contributed by atoms with E-state index in [1.165, 1.54) is 19.0 Å². The normalized spacial score (nSPS) is 17.6. The molecule has 158 valence electrons. The van der Waals surface area contributed by atoms with E-state index in [-0.39, 0.29) is 29.3 Å². The minimum Gasteiger partial charge on any atom is -0.438 e. The summed E-state index contributed by atoms with van der Waals surface area (Å²) in [4.78, 5) is 21.9. The van der Waals surface area contributed by atoms with Gasteiger partial charge in [0.2, 0.25) is 5.88 Å². The molecule has 1 unspecified atom stereocenters. The number of aromatic nitrogens is 2. The van der Waals surface area contributed by atoms with Crippen LogP contribution in [0.1, 0.15) is 41.9 Å². The second-order valence-corrected chi connectivity index (χ2v) is 9.99. The third-order valence-corrected chi connectivity index (χ3v) is 5.79. The summed E-state index contributed by atoms with van der Waals surface area (Å²) in [5, 5.41) is 4.06. The average molecular weight is 428 g/mol. The molecule has 2 fully saturated rings. The van der Waals surface area contributed by atoms with Crippen LogP contribution >= 0.6 is 0 Å². The fraction of sp³-hybridized carbons (Fsp3) is 0.409. The van der Waals surface area contributed by atoms with Crippen molar-refractivity contribution in [3.05, 3.63) is 59.4 Å². The van der Waals surface area contributed by atoms with Crippen LogP contribution in [0.2, 0.25) is 0 Å². The van der Waals surface area contributed by atoms with E-state index in [9.17, 15) is 13.2 Å². The molecule has 8 heteroatoms. The topological polar surface area (TPSA) is 98.2 Å². The summed E-state index contributed by atoms with van der Waals surface area (Å²) in [6.07, 6.45) is 9.20. The van der Waals surface area contributed by atoms with Crippen LogP contribution in [0, 0.1) is 11.8 Å². The number of nitrogens with one attached hydrogen (secondary N) is 1. The predicted molar refractivity (Wildman–Crippen MR) is 113 cm³/mol. The van der Waals surface area contributed by atoms with Crippen molar-refractivity contribution in [1.29, 1.82) is 0 Å². The quantitative estimate of drug-likeness (QED) is 0.659. The predicted octanol–water partition coefficient (Wildman–Crippen LogP) is 3.29. The lowest BCUT2D eigenvalue weighted by molar-refractivity contribution is 0.0937. The fourth-order valence-electron chi connectivity index (χ4n) is 3.15. The highest BCUT2D eigenvalue weighted by molar-refractivity contribution is 7.93. The molecule has 2 aromatic rings. The van der Waals surface area contributed by atoms with Crippen molar-refractivity contribution >= 4 is 15.7 Å². The van der Waals surface area contributed by atoms with Crippen molar-refractivity contribution in [2.45, 2.75) is 38.1 Å². The third kappa shape index (κ3) is 5.89. The molecule has 1 aromatic carbocycles. The maximum atomic E-state index is 13.0. The molecule has 1 atom stereocenters. The molecule has 0 aliphatic heterocycles. The Kier molecular flexibility index (Phi) is 5.85. The number of sulfone groups is 1. The number of rotatable bonds is 9. The first-order valence-electron chi connectivity index (χ1n) is 10.2. The molecule has 2 aliphatic carbocycles. The van der Waals surface area contributed by atoms with Gasteiger partial charge >= 0.3 is 0 Å². The maximum Gasteiger partial charge on any atom is 0.258 e. The number of hydrogen-bond acceptors (Lipinski definition) is 6. The summed E-state index contributed by atoms with van der Waals surface area (Å²) >= 11 is 0. The van der Waals surface area contributed by atoms with Crippen LogP contribution in [0.25, 0.3) is 0 Å². The van der Waals surface area contributed by atoms with E-state index in [0.717, 1.165) is 30.9 Å². The first-order chi connectivity index (χ1) is 14.4. The molecule has 2 aliphatic rings. The number of benzene rings is 1. The Bertz CT molecular complexity index is 1050. The molecule has 0 radical (unpaired) electrons. The number of carbonyl (C=O) groups is 1. The Morgan fingerprint density at radius 3 is 2.60 bits per heavy atom. The molecule has 2 saturated carbocycles. The Balaban J connectivity index is 1.57. The van der Waals surface area contributed by atoms with Crippen LogP contribution in [0.5, 0.6) is 11.6 Å². The number of amides is 1. The second-order valence-electron chi connectivity index (χ2n) is 8.06. The molecule has 0 spiro atoms. The van der Waals surface area contributed by atoms with Crippen molar-refractivity contribution in [2.75, 3.05) is 6.26 Å². The number of para-hydroxylation sites is 1. The van der Waals surface area contributed by atoms with Gasteiger partial charge in [-0.1, -0.05) is 24.3 Å². The minimum absolute atomic E-state index is 0.214. The average Bonchev–Trinajstić information content (AvgIpc) is 3.60. The Labute approximate surface area is 176 Å². The summed E-state index contributed by atoms with van der Waals surface area (Å²) in [5.41, 5.74) is 0.233. The fourth-order valence-corrected chi connectivity index (χ4v) is 3.60. The van der Waals surface area contributed by atoms with Gasteiger partial charge in [-0.2, -0.15) is 4.98 Å². The van der Waals surface area contributed by atoms with Gasteiger partial charge in [0.15, 0.2) is 9.84 Å². The summed E-state index contributed by atoms with van der Waals surface area (Å²) in [7, 11) is -3.27. The van der Waals surface area contributed by atoms with Gasteiger partial charge in [-0.3, -0.25) is 4.79 Å². The van der Waals surface area contributed by atoms with E-state index in [1.54, 1.807) is 18.2 Å². The lowest BCUT2D eigenvalue weighted by Crippen LogP contribution is -2.35. The molecular formula is C22H25N3O4S. The molecule has 4 rings (SSSR count). The van der Waals surface area contributed by atoms with E-state index in [2.05, 4.69) is 15.3 Å². The number of nitrogens with zero attached hydrogens (tertiary/aromatic N) is 2. The van der Waals surface area contributed by atoms with Crippen molar-refractivity contribution in [3.63, 3.8) is 0 Å². The highest BCUT2D eigenvalue weighted by Crippen LogP contribution is 2.34. The van der Waals surface area contributed by atoms with Gasteiger partial charge in [-0.05, 0) is 49.7 Å². The number of hydrogen-bond donors (Lipinski definition) is 1. The molecule has 1 N–H and O–H groups in total. The summed E-state index contributed by atoms with van der Waals surface area (Å²) in [6, 6.07) is 8.81. The van der Waals surface area contributed by atoms with Gasteiger partial charge in [0.1, 0.15) is 17.1 Å². The summed E-state index contributed by atoms with van der Waals surface area (Å²) < 4.78 is 28.9. The standard InChI is InChI=1S/C22H25N3O4S/c1-30(27,28)12-11-19(16-9-10-16)24-21(26)18-14-23-20(13-15-7-8-15)25-22(18)29-17-5-3-2-4-6-17/h2-6,11-12,14-16,19H,7-10,13H2,1H3,(H,24,26). The molecule has 1 amide bonds. The van der Waals surface area contributed by atoms with Crippen molar-refractivity contribution in [3.8, 4) is 11.6 Å². The smallest absolute Gasteiger partial charge is 0.258 e. The summed E-state index contributed by atoms with van der Waals surface area (Å²) in [6.45, 7) is 0. The lowest BCUT2D eigenvalue weighted by atomic mass is 10.1. The van der Waals surface area contributed by atoms with Gasteiger partial charge in [-0.15, -0.1) is 0 Å². The number of carbonyl (C=O) groups excluding carboxylic acids is 1. The molecule has 30 heavy (non-hydrogen) atoms. The van der Waals surface area contributed by atoms with E-state index >= 15 is 0 Å². The third-order valence-electron chi connectivity index (χ3n) is 5.13. The van der Waals surface area contributed by atoms with Crippen LogP contribution in [0.3, 0.4) is 0 Å². The zero-order valence-corrected chi connectivity index (χ0v) is 17.6. The zero-order chi connectivity index (χ0) is 21.1. The van der Waals surface area contributed by atoms with Crippen LogP contribution in [-0.4, -0.2) is 36.6 Å². The van der Waals surface area contributed by atoms with E-state index < -0.39 is 9.84 Å². The highest BCUT2D eigenvalue weighted by atomic mass is 32.2. The van der Waals surface area contributed by atoms with Gasteiger partial charge in [0, 0.05) is 24.3 Å². The first kappa shape index (κ1) is 20.5. The summed E-state index contributed by atoms with van der Waals surface area (Å²) in [5.74, 6) is 1.92. The van der Waals surface area contributed by atoms with Crippen molar-refractivity contribution in [1.82, 2.24) is 15.3 Å². The molecule has 7 nitrogen and oxygen atoms in total. The van der Waals surface area contributed by atoms with Crippen molar-refractivity contribution < 1.29 is 17.9 Å². The largest absolute Gasteiger partial charge is 0.438 e. The van der Waals surface area contributed by atoms with Gasteiger partial charge in [-0.25, -0.2) is 13.4 Å². The van der Waals surface area contributed by atoms with E-state index in [1.807, 2.05) is 18.2 Å². The molecule has 0 saturated heterocycles.